The van der Waals surface area contributed by atoms with Gasteiger partial charge in [-0.2, -0.15) is 0 Å². The minimum absolute atomic E-state index is 0.0255. The number of H-pyrrole nitrogens is 1. The van der Waals surface area contributed by atoms with Crippen LogP contribution in [-0.4, -0.2) is 17.0 Å². The molecule has 14 heavy (non-hydrogen) atoms. The number of fused-ring (bicyclic) bond motifs is 1. The number of nitrogens with zero attached hydrogens (tertiary/aromatic N) is 1. The summed E-state index contributed by atoms with van der Waals surface area (Å²) in [7, 11) is 1.42. The van der Waals surface area contributed by atoms with E-state index in [0.717, 1.165) is 5.39 Å². The molecule has 1 aromatic carbocycles. The van der Waals surface area contributed by atoms with Gasteiger partial charge in [0.1, 0.15) is 0 Å². The minimum atomic E-state index is -0.459. The number of aromatic nitrogens is 1. The van der Waals surface area contributed by atoms with Crippen LogP contribution in [0.4, 0.5) is 5.69 Å². The van der Waals surface area contributed by atoms with Gasteiger partial charge in [0, 0.05) is 17.6 Å². The van der Waals surface area contributed by atoms with Gasteiger partial charge >= 0.3 is 5.69 Å². The lowest BCUT2D eigenvalue weighted by Gasteiger charge is -2.02. The molecule has 0 fully saturated rings. The van der Waals surface area contributed by atoms with Crippen molar-refractivity contribution in [3.63, 3.8) is 0 Å². The average Bonchev–Trinajstić information content (AvgIpc) is 2.63. The van der Waals surface area contributed by atoms with Crippen molar-refractivity contribution in [3.05, 3.63) is 34.5 Å². The number of nitrogens with one attached hydrogen (secondary N) is 1. The fourth-order valence-corrected chi connectivity index (χ4v) is 1.44. The van der Waals surface area contributed by atoms with Gasteiger partial charge in [-0.1, -0.05) is 0 Å². The maximum absolute atomic E-state index is 10.7. The normalized spacial score (nSPS) is 10.4. The van der Waals surface area contributed by atoms with Crippen molar-refractivity contribution in [1.29, 1.82) is 0 Å². The van der Waals surface area contributed by atoms with Crippen LogP contribution in [0.1, 0.15) is 0 Å². The minimum Gasteiger partial charge on any atom is -0.489 e. The highest BCUT2D eigenvalue weighted by molar-refractivity contribution is 5.89. The number of aromatic amines is 1. The van der Waals surface area contributed by atoms with Gasteiger partial charge in [0.05, 0.1) is 17.5 Å². The van der Waals surface area contributed by atoms with Crippen molar-refractivity contribution < 1.29 is 9.66 Å². The first-order chi connectivity index (χ1) is 6.74. The molecular formula is C9H8N2O3. The fourth-order valence-electron chi connectivity index (χ4n) is 1.44. The summed E-state index contributed by atoms with van der Waals surface area (Å²) in [5.41, 5.74) is 0.629. The Labute approximate surface area is 79.5 Å². The van der Waals surface area contributed by atoms with Crippen molar-refractivity contribution in [2.45, 2.75) is 0 Å². The molecule has 1 aromatic heterocycles. The Bertz CT molecular complexity index is 490. The van der Waals surface area contributed by atoms with Gasteiger partial charge in [0.25, 0.3) is 0 Å². The van der Waals surface area contributed by atoms with Crippen LogP contribution < -0.4 is 4.74 Å². The molecule has 0 amide bonds. The monoisotopic (exact) mass is 192 g/mol. The highest BCUT2D eigenvalue weighted by Gasteiger charge is 2.17. The molecule has 0 aliphatic rings. The Balaban J connectivity index is 2.78. The Kier molecular flexibility index (Phi) is 1.85. The number of rotatable bonds is 2. The van der Waals surface area contributed by atoms with E-state index in [1.807, 2.05) is 6.07 Å². The van der Waals surface area contributed by atoms with Gasteiger partial charge in [-0.25, -0.2) is 0 Å². The van der Waals surface area contributed by atoms with E-state index in [0.29, 0.717) is 5.52 Å². The third-order valence-electron chi connectivity index (χ3n) is 2.06. The highest BCUT2D eigenvalue weighted by atomic mass is 16.6. The zero-order valence-corrected chi connectivity index (χ0v) is 7.48. The molecule has 5 heteroatoms. The maximum atomic E-state index is 10.7. The number of hydrogen-bond donors (Lipinski definition) is 1. The Morgan fingerprint density at radius 2 is 2.21 bits per heavy atom. The van der Waals surface area contributed by atoms with Gasteiger partial charge < -0.3 is 9.72 Å². The first-order valence-electron chi connectivity index (χ1n) is 4.02. The van der Waals surface area contributed by atoms with Crippen LogP contribution in [-0.2, 0) is 0 Å². The molecule has 0 aliphatic heterocycles. The molecule has 0 saturated carbocycles. The molecule has 72 valence electrons. The van der Waals surface area contributed by atoms with Crippen LogP contribution in [0.25, 0.3) is 10.9 Å². The lowest BCUT2D eigenvalue weighted by Crippen LogP contribution is -1.94. The molecule has 0 spiro atoms. The van der Waals surface area contributed by atoms with E-state index in [9.17, 15) is 10.1 Å². The van der Waals surface area contributed by atoms with Gasteiger partial charge in [0.15, 0.2) is 0 Å². The topological polar surface area (TPSA) is 68.2 Å². The van der Waals surface area contributed by atoms with E-state index < -0.39 is 4.92 Å². The second-order valence-corrected chi connectivity index (χ2v) is 2.82. The SMILES string of the molecule is COc1c([N+](=O)[O-])ccc2cc[nH]c12. The number of methoxy groups -OCH3 is 1. The Morgan fingerprint density at radius 1 is 1.43 bits per heavy atom. The molecule has 0 bridgehead atoms. The lowest BCUT2D eigenvalue weighted by atomic mass is 10.2. The van der Waals surface area contributed by atoms with Gasteiger partial charge in [-0.15, -0.1) is 0 Å². The summed E-state index contributed by atoms with van der Waals surface area (Å²) in [6.45, 7) is 0. The first-order valence-corrected chi connectivity index (χ1v) is 4.02. The van der Waals surface area contributed by atoms with Crippen LogP contribution in [0.15, 0.2) is 24.4 Å². The highest BCUT2D eigenvalue weighted by Crippen LogP contribution is 2.33. The number of ether oxygens (including phenoxy) is 1. The third kappa shape index (κ3) is 1.10. The van der Waals surface area contributed by atoms with E-state index in [-0.39, 0.29) is 11.4 Å². The molecule has 5 nitrogen and oxygen atoms in total. The van der Waals surface area contributed by atoms with Crippen LogP contribution in [0.5, 0.6) is 5.75 Å². The molecule has 1 N–H and O–H groups in total. The lowest BCUT2D eigenvalue weighted by molar-refractivity contribution is -0.385. The summed E-state index contributed by atoms with van der Waals surface area (Å²) in [5.74, 6) is 0.275. The van der Waals surface area contributed by atoms with Crippen molar-refractivity contribution in [1.82, 2.24) is 4.98 Å². The molecular weight excluding hydrogens is 184 g/mol. The molecule has 0 radical (unpaired) electrons. The zero-order chi connectivity index (χ0) is 10.1. The molecule has 0 aliphatic carbocycles. The fraction of sp³-hybridized carbons (Fsp3) is 0.111. The molecule has 2 rings (SSSR count). The standard InChI is InChI=1S/C9H8N2O3/c1-14-9-7(11(12)13)3-2-6-4-5-10-8(6)9/h2-5,10H,1H3. The van der Waals surface area contributed by atoms with E-state index in [1.165, 1.54) is 13.2 Å². The number of nitro benzene ring substituents is 1. The third-order valence-corrected chi connectivity index (χ3v) is 2.06. The maximum Gasteiger partial charge on any atom is 0.313 e. The average molecular weight is 192 g/mol. The number of benzene rings is 1. The molecule has 0 saturated heterocycles. The van der Waals surface area contributed by atoms with Crippen molar-refractivity contribution in [3.8, 4) is 5.75 Å². The molecule has 1 heterocycles. The van der Waals surface area contributed by atoms with E-state index >= 15 is 0 Å². The molecule has 0 atom stereocenters. The van der Waals surface area contributed by atoms with E-state index in [4.69, 9.17) is 4.74 Å². The predicted molar refractivity (Wildman–Crippen MR) is 51.5 cm³/mol. The summed E-state index contributed by atoms with van der Waals surface area (Å²) in [6.07, 6.45) is 1.72. The summed E-state index contributed by atoms with van der Waals surface area (Å²) in [6, 6.07) is 4.96. The quantitative estimate of drug-likeness (QED) is 0.585. The van der Waals surface area contributed by atoms with Crippen molar-refractivity contribution in [2.75, 3.05) is 7.11 Å². The number of nitro groups is 1. The summed E-state index contributed by atoms with van der Waals surface area (Å²) < 4.78 is 5.01. The van der Waals surface area contributed by atoms with Crippen LogP contribution >= 0.6 is 0 Å². The predicted octanol–water partition coefficient (Wildman–Crippen LogP) is 2.08. The van der Waals surface area contributed by atoms with E-state index in [1.54, 1.807) is 12.3 Å². The van der Waals surface area contributed by atoms with Crippen LogP contribution in [0, 0.1) is 10.1 Å². The van der Waals surface area contributed by atoms with Gasteiger partial charge in [0.2, 0.25) is 5.75 Å². The second kappa shape index (κ2) is 3.02. The largest absolute Gasteiger partial charge is 0.489 e. The summed E-state index contributed by atoms with van der Waals surface area (Å²) in [5, 5.41) is 11.6. The summed E-state index contributed by atoms with van der Waals surface area (Å²) in [4.78, 5) is 13.1. The summed E-state index contributed by atoms with van der Waals surface area (Å²) >= 11 is 0. The van der Waals surface area contributed by atoms with Crippen LogP contribution in [0.2, 0.25) is 0 Å². The molecule has 2 aromatic rings. The van der Waals surface area contributed by atoms with Gasteiger partial charge in [-0.05, 0) is 12.1 Å². The van der Waals surface area contributed by atoms with Crippen LogP contribution in [0.3, 0.4) is 0 Å². The second-order valence-electron chi connectivity index (χ2n) is 2.82. The zero-order valence-electron chi connectivity index (χ0n) is 7.48. The smallest absolute Gasteiger partial charge is 0.313 e. The number of hydrogen-bond acceptors (Lipinski definition) is 3. The van der Waals surface area contributed by atoms with Crippen molar-refractivity contribution >= 4 is 16.6 Å². The van der Waals surface area contributed by atoms with E-state index in [2.05, 4.69) is 4.98 Å². The Morgan fingerprint density at radius 3 is 2.86 bits per heavy atom. The Hall–Kier alpha value is -2.04. The van der Waals surface area contributed by atoms with Crippen molar-refractivity contribution in [2.24, 2.45) is 0 Å². The first kappa shape index (κ1) is 8.55. The molecule has 0 unspecified atom stereocenters. The van der Waals surface area contributed by atoms with Gasteiger partial charge in [-0.3, -0.25) is 10.1 Å².